The van der Waals surface area contributed by atoms with Crippen LogP contribution >= 0.6 is 15.9 Å². The molecule has 3 nitrogen and oxygen atoms in total. The first-order valence-corrected chi connectivity index (χ1v) is 7.22. The van der Waals surface area contributed by atoms with E-state index in [0.29, 0.717) is 13.0 Å². The lowest BCUT2D eigenvalue weighted by Crippen LogP contribution is -2.01. The molecule has 0 fully saturated rings. The third-order valence-electron chi connectivity index (χ3n) is 3.29. The molecule has 0 bridgehead atoms. The molecule has 0 spiro atoms. The molecule has 1 aliphatic rings. The molecule has 20 heavy (non-hydrogen) atoms. The molecule has 2 aromatic rings. The van der Waals surface area contributed by atoms with Crippen LogP contribution in [0.5, 0.6) is 5.75 Å². The molecule has 2 aromatic carbocycles. The number of carbonyl (C=O) groups is 1. The number of Topliss-reactive ketones (excluding diaryl/α,β-unsaturated/α-hetero) is 1. The fourth-order valence-electron chi connectivity index (χ4n) is 2.18. The Bertz CT molecular complexity index is 635. The predicted molar refractivity (Wildman–Crippen MR) is 78.7 cm³/mol. The van der Waals surface area contributed by atoms with Crippen molar-refractivity contribution in [2.75, 3.05) is 0 Å². The van der Waals surface area contributed by atoms with E-state index in [2.05, 4.69) is 15.9 Å². The van der Waals surface area contributed by atoms with Crippen LogP contribution in [0.15, 0.2) is 46.9 Å². The van der Waals surface area contributed by atoms with Crippen molar-refractivity contribution in [2.45, 2.75) is 19.4 Å². The Morgan fingerprint density at radius 2 is 1.95 bits per heavy atom. The number of benzene rings is 2. The number of hydrogen-bond donors (Lipinski definition) is 0. The summed E-state index contributed by atoms with van der Waals surface area (Å²) in [5.74, 6) is 0.929. The molecule has 0 unspecified atom stereocenters. The second-order valence-electron chi connectivity index (χ2n) is 4.72. The minimum absolute atomic E-state index is 0.158. The minimum Gasteiger partial charge on any atom is -0.337 e. The first-order valence-electron chi connectivity index (χ1n) is 6.42. The molecule has 0 saturated heterocycles. The normalized spacial score (nSPS) is 12.8. The van der Waals surface area contributed by atoms with Crippen molar-refractivity contribution in [3.8, 4) is 5.75 Å². The average molecular weight is 333 g/mol. The van der Waals surface area contributed by atoms with E-state index < -0.39 is 0 Å². The Morgan fingerprint density at radius 1 is 1.15 bits per heavy atom. The lowest BCUT2D eigenvalue weighted by Gasteiger charge is -2.03. The molecule has 0 saturated carbocycles. The number of aryl methyl sites for hydroxylation is 1. The molecular weight excluding hydrogens is 320 g/mol. The largest absolute Gasteiger partial charge is 0.337 e. The SMILES string of the molecule is O=C(CCc1ccc2c(c1)COO2)c1ccc(Br)cc1. The number of hydrogen-bond acceptors (Lipinski definition) is 3. The van der Waals surface area contributed by atoms with E-state index in [-0.39, 0.29) is 5.78 Å². The fourth-order valence-corrected chi connectivity index (χ4v) is 2.44. The summed E-state index contributed by atoms with van der Waals surface area (Å²) in [4.78, 5) is 22.0. The Labute approximate surface area is 125 Å². The van der Waals surface area contributed by atoms with Crippen molar-refractivity contribution >= 4 is 21.7 Å². The highest BCUT2D eigenvalue weighted by atomic mass is 79.9. The summed E-state index contributed by atoms with van der Waals surface area (Å²) in [6.45, 7) is 0.476. The standard InChI is InChI=1S/C16H13BrO3/c17-14-5-3-12(4-6-14)15(18)7-1-11-2-8-16-13(9-11)10-19-20-16/h2-6,8-9H,1,7,10H2. The summed E-state index contributed by atoms with van der Waals surface area (Å²) in [6.07, 6.45) is 1.23. The molecule has 102 valence electrons. The second-order valence-corrected chi connectivity index (χ2v) is 5.63. The lowest BCUT2D eigenvalue weighted by atomic mass is 10.0. The maximum absolute atomic E-state index is 12.1. The maximum atomic E-state index is 12.1. The first kappa shape index (κ1) is 13.3. The quantitative estimate of drug-likeness (QED) is 0.624. The van der Waals surface area contributed by atoms with Gasteiger partial charge in [-0.2, -0.15) is 4.89 Å². The summed E-state index contributed by atoms with van der Waals surface area (Å²) in [5, 5.41) is 0. The van der Waals surface area contributed by atoms with E-state index >= 15 is 0 Å². The third kappa shape index (κ3) is 2.92. The second kappa shape index (κ2) is 5.77. The van der Waals surface area contributed by atoms with Gasteiger partial charge in [0.05, 0.1) is 0 Å². The molecule has 4 heteroatoms. The van der Waals surface area contributed by atoms with Crippen LogP contribution in [0.2, 0.25) is 0 Å². The van der Waals surface area contributed by atoms with Gasteiger partial charge in [-0.25, -0.2) is 0 Å². The van der Waals surface area contributed by atoms with Crippen molar-refractivity contribution in [1.82, 2.24) is 0 Å². The maximum Gasteiger partial charge on any atom is 0.171 e. The van der Waals surface area contributed by atoms with Crippen LogP contribution in [-0.2, 0) is 17.9 Å². The lowest BCUT2D eigenvalue weighted by molar-refractivity contribution is -0.194. The Kier molecular flexibility index (Phi) is 3.85. The topological polar surface area (TPSA) is 35.5 Å². The van der Waals surface area contributed by atoms with Gasteiger partial charge >= 0.3 is 0 Å². The fraction of sp³-hybridized carbons (Fsp3) is 0.188. The van der Waals surface area contributed by atoms with Gasteiger partial charge in [-0.1, -0.05) is 34.1 Å². The van der Waals surface area contributed by atoms with Crippen molar-refractivity contribution in [3.63, 3.8) is 0 Å². The van der Waals surface area contributed by atoms with E-state index in [0.717, 1.165) is 33.3 Å². The zero-order valence-corrected chi connectivity index (χ0v) is 12.4. The molecule has 1 aliphatic heterocycles. The number of fused-ring (bicyclic) bond motifs is 1. The smallest absolute Gasteiger partial charge is 0.171 e. The average Bonchev–Trinajstić information content (AvgIpc) is 2.93. The summed E-state index contributed by atoms with van der Waals surface area (Å²) >= 11 is 3.36. The first-order chi connectivity index (χ1) is 9.72. The van der Waals surface area contributed by atoms with Crippen LogP contribution in [0.25, 0.3) is 0 Å². The van der Waals surface area contributed by atoms with Crippen LogP contribution < -0.4 is 4.89 Å². The van der Waals surface area contributed by atoms with Gasteiger partial charge in [-0.3, -0.25) is 4.79 Å². The number of carbonyl (C=O) groups excluding carboxylic acids is 1. The summed E-state index contributed by atoms with van der Waals surface area (Å²) in [7, 11) is 0. The van der Waals surface area contributed by atoms with E-state index in [1.807, 2.05) is 42.5 Å². The van der Waals surface area contributed by atoms with Crippen LogP contribution in [0, 0.1) is 0 Å². The highest BCUT2D eigenvalue weighted by Gasteiger charge is 2.14. The molecule has 3 rings (SSSR count). The Hall–Kier alpha value is -1.65. The van der Waals surface area contributed by atoms with Crippen LogP contribution in [0.4, 0.5) is 0 Å². The van der Waals surface area contributed by atoms with E-state index in [9.17, 15) is 4.79 Å². The van der Waals surface area contributed by atoms with Gasteiger partial charge < -0.3 is 4.89 Å². The van der Waals surface area contributed by atoms with Gasteiger partial charge in [0, 0.05) is 22.0 Å². The molecule has 0 aliphatic carbocycles. The van der Waals surface area contributed by atoms with Gasteiger partial charge in [-0.15, -0.1) is 0 Å². The number of ketones is 1. The van der Waals surface area contributed by atoms with Crippen LogP contribution in [0.3, 0.4) is 0 Å². The van der Waals surface area contributed by atoms with Crippen molar-refractivity contribution in [3.05, 3.63) is 63.6 Å². The highest BCUT2D eigenvalue weighted by molar-refractivity contribution is 9.10. The minimum atomic E-state index is 0.158. The van der Waals surface area contributed by atoms with Gasteiger partial charge in [-0.05, 0) is 36.2 Å². The van der Waals surface area contributed by atoms with Gasteiger partial charge in [0.25, 0.3) is 0 Å². The van der Waals surface area contributed by atoms with E-state index in [4.69, 9.17) is 9.78 Å². The summed E-state index contributed by atoms with van der Waals surface area (Å²) in [5.41, 5.74) is 2.92. The van der Waals surface area contributed by atoms with Gasteiger partial charge in [0.2, 0.25) is 0 Å². The predicted octanol–water partition coefficient (Wildman–Crippen LogP) is 4.09. The highest BCUT2D eigenvalue weighted by Crippen LogP contribution is 2.27. The van der Waals surface area contributed by atoms with Crippen molar-refractivity contribution in [2.24, 2.45) is 0 Å². The zero-order valence-electron chi connectivity index (χ0n) is 10.8. The Morgan fingerprint density at radius 3 is 2.75 bits per heavy atom. The molecular formula is C16H13BrO3. The van der Waals surface area contributed by atoms with Crippen molar-refractivity contribution < 1.29 is 14.6 Å². The molecule has 0 aromatic heterocycles. The van der Waals surface area contributed by atoms with E-state index in [1.54, 1.807) is 0 Å². The van der Waals surface area contributed by atoms with Gasteiger partial charge in [0.15, 0.2) is 11.5 Å². The summed E-state index contributed by atoms with van der Waals surface area (Å²) < 4.78 is 0.979. The van der Waals surface area contributed by atoms with Gasteiger partial charge in [0.1, 0.15) is 6.61 Å². The number of rotatable bonds is 4. The molecule has 1 heterocycles. The van der Waals surface area contributed by atoms with Crippen LogP contribution in [-0.4, -0.2) is 5.78 Å². The summed E-state index contributed by atoms with van der Waals surface area (Å²) in [6, 6.07) is 13.4. The Balaban J connectivity index is 1.64. The molecule has 0 N–H and O–H groups in total. The number of halogens is 1. The zero-order chi connectivity index (χ0) is 13.9. The van der Waals surface area contributed by atoms with Crippen molar-refractivity contribution in [1.29, 1.82) is 0 Å². The molecule has 0 amide bonds. The monoisotopic (exact) mass is 332 g/mol. The molecule has 0 radical (unpaired) electrons. The molecule has 0 atom stereocenters. The van der Waals surface area contributed by atoms with Crippen LogP contribution in [0.1, 0.15) is 27.9 Å². The van der Waals surface area contributed by atoms with E-state index in [1.165, 1.54) is 0 Å². The third-order valence-corrected chi connectivity index (χ3v) is 3.82.